The van der Waals surface area contributed by atoms with Gasteiger partial charge in [0.1, 0.15) is 5.75 Å². The van der Waals surface area contributed by atoms with Crippen LogP contribution in [0.5, 0.6) is 5.75 Å². The average Bonchev–Trinajstić information content (AvgIpc) is 2.65. The first kappa shape index (κ1) is 16.7. The smallest absolute Gasteiger partial charge is 0.249 e. The van der Waals surface area contributed by atoms with Crippen LogP contribution in [0.25, 0.3) is 0 Å². The zero-order valence-corrected chi connectivity index (χ0v) is 14.3. The van der Waals surface area contributed by atoms with Crippen LogP contribution < -0.4 is 15.4 Å². The quantitative estimate of drug-likeness (QED) is 0.674. The summed E-state index contributed by atoms with van der Waals surface area (Å²) in [5.74, 6) is 1.94. The fraction of sp³-hybridized carbons (Fsp3) is 0.211. The molecule has 1 unspecified atom stereocenters. The van der Waals surface area contributed by atoms with Gasteiger partial charge in [0.05, 0.1) is 12.8 Å². The van der Waals surface area contributed by atoms with Gasteiger partial charge in [-0.3, -0.25) is 0 Å². The van der Waals surface area contributed by atoms with Crippen LogP contribution in [0.15, 0.2) is 60.8 Å². The van der Waals surface area contributed by atoms with Crippen LogP contribution in [0.1, 0.15) is 25.5 Å². The van der Waals surface area contributed by atoms with Gasteiger partial charge >= 0.3 is 0 Å². The molecule has 0 aliphatic heterocycles. The first-order valence-corrected chi connectivity index (χ1v) is 8.25. The lowest BCUT2D eigenvalue weighted by atomic mass is 10.1. The highest BCUT2D eigenvalue weighted by molar-refractivity contribution is 5.55. The lowest BCUT2D eigenvalue weighted by molar-refractivity contribution is 0.340. The van der Waals surface area contributed by atoms with Gasteiger partial charge in [-0.25, -0.2) is 0 Å². The molecule has 0 radical (unpaired) electrons. The zero-order chi connectivity index (χ0) is 17.5. The second-order valence-electron chi connectivity index (χ2n) is 5.52. The Balaban J connectivity index is 1.67. The number of nitrogens with one attached hydrogen (secondary N) is 2. The summed E-state index contributed by atoms with van der Waals surface area (Å²) in [5.41, 5.74) is 2.06. The van der Waals surface area contributed by atoms with Gasteiger partial charge in [-0.15, -0.1) is 5.10 Å². The molecule has 0 aliphatic carbocycles. The predicted molar refractivity (Wildman–Crippen MR) is 99.2 cm³/mol. The van der Waals surface area contributed by atoms with Crippen molar-refractivity contribution in [1.29, 1.82) is 0 Å². The minimum Gasteiger partial charge on any atom is -0.494 e. The molecule has 1 aromatic heterocycles. The largest absolute Gasteiger partial charge is 0.494 e. The molecule has 6 nitrogen and oxygen atoms in total. The van der Waals surface area contributed by atoms with E-state index >= 15 is 0 Å². The van der Waals surface area contributed by atoms with Crippen molar-refractivity contribution in [2.75, 3.05) is 17.2 Å². The van der Waals surface area contributed by atoms with Crippen molar-refractivity contribution in [2.24, 2.45) is 0 Å². The maximum Gasteiger partial charge on any atom is 0.249 e. The van der Waals surface area contributed by atoms with Crippen LogP contribution in [0.4, 0.5) is 17.5 Å². The second-order valence-corrected chi connectivity index (χ2v) is 5.52. The summed E-state index contributed by atoms with van der Waals surface area (Å²) in [6.07, 6.45) is 1.61. The van der Waals surface area contributed by atoms with Crippen LogP contribution in [0.2, 0.25) is 0 Å². The van der Waals surface area contributed by atoms with Crippen LogP contribution in [-0.4, -0.2) is 21.8 Å². The van der Waals surface area contributed by atoms with Gasteiger partial charge in [-0.2, -0.15) is 10.1 Å². The van der Waals surface area contributed by atoms with Crippen molar-refractivity contribution in [3.8, 4) is 5.75 Å². The topological polar surface area (TPSA) is 72.0 Å². The first-order chi connectivity index (χ1) is 12.2. The molecule has 1 atom stereocenters. The van der Waals surface area contributed by atoms with E-state index in [-0.39, 0.29) is 6.04 Å². The number of nitrogens with zero attached hydrogens (tertiary/aromatic N) is 3. The third-order valence-electron chi connectivity index (χ3n) is 3.64. The maximum atomic E-state index is 5.43. The van der Waals surface area contributed by atoms with E-state index in [2.05, 4.69) is 44.9 Å². The van der Waals surface area contributed by atoms with Crippen molar-refractivity contribution in [3.63, 3.8) is 0 Å². The molecule has 0 aliphatic rings. The molecular weight excluding hydrogens is 314 g/mol. The van der Waals surface area contributed by atoms with Crippen molar-refractivity contribution in [2.45, 2.75) is 19.9 Å². The van der Waals surface area contributed by atoms with Gasteiger partial charge in [-0.1, -0.05) is 30.3 Å². The van der Waals surface area contributed by atoms with Crippen LogP contribution in [0.3, 0.4) is 0 Å². The molecule has 0 amide bonds. The summed E-state index contributed by atoms with van der Waals surface area (Å²) in [4.78, 5) is 4.47. The normalized spacial score (nSPS) is 11.6. The molecule has 6 heteroatoms. The molecule has 3 aromatic rings. The summed E-state index contributed by atoms with van der Waals surface area (Å²) < 4.78 is 5.43. The highest BCUT2D eigenvalue weighted by Crippen LogP contribution is 2.20. The van der Waals surface area contributed by atoms with Crippen molar-refractivity contribution >= 4 is 17.5 Å². The molecule has 2 N–H and O–H groups in total. The average molecular weight is 335 g/mol. The summed E-state index contributed by atoms with van der Waals surface area (Å²) in [6, 6.07) is 17.9. The van der Waals surface area contributed by atoms with E-state index < -0.39 is 0 Å². The van der Waals surface area contributed by atoms with E-state index in [4.69, 9.17) is 4.74 Å². The standard InChI is InChI=1S/C19H21N5O/c1-3-25-17-11-9-16(10-12-17)22-19-23-18(13-20-24-19)21-14(2)15-7-5-4-6-8-15/h4-14H,3H2,1-2H3,(H2,21,22,23,24). The van der Waals surface area contributed by atoms with Crippen molar-refractivity contribution in [3.05, 3.63) is 66.4 Å². The number of aromatic nitrogens is 3. The monoisotopic (exact) mass is 335 g/mol. The molecule has 25 heavy (non-hydrogen) atoms. The van der Waals surface area contributed by atoms with E-state index in [1.165, 1.54) is 5.56 Å². The van der Waals surface area contributed by atoms with Crippen molar-refractivity contribution in [1.82, 2.24) is 15.2 Å². The van der Waals surface area contributed by atoms with Gasteiger partial charge < -0.3 is 15.4 Å². The van der Waals surface area contributed by atoms with E-state index in [1.54, 1.807) is 6.20 Å². The number of benzene rings is 2. The Morgan fingerprint density at radius 1 is 1.04 bits per heavy atom. The third-order valence-corrected chi connectivity index (χ3v) is 3.64. The Kier molecular flexibility index (Phi) is 5.41. The van der Waals surface area contributed by atoms with Crippen LogP contribution in [-0.2, 0) is 0 Å². The van der Waals surface area contributed by atoms with E-state index in [9.17, 15) is 0 Å². The maximum absolute atomic E-state index is 5.43. The summed E-state index contributed by atoms with van der Waals surface area (Å²) in [6.45, 7) is 4.69. The van der Waals surface area contributed by atoms with Gasteiger partial charge in [0.2, 0.25) is 5.95 Å². The second kappa shape index (κ2) is 8.10. The Morgan fingerprint density at radius 3 is 2.52 bits per heavy atom. The van der Waals surface area contributed by atoms with Crippen molar-refractivity contribution < 1.29 is 4.74 Å². The minimum absolute atomic E-state index is 0.122. The number of hydrogen-bond acceptors (Lipinski definition) is 6. The lowest BCUT2D eigenvalue weighted by Gasteiger charge is -2.15. The molecule has 0 saturated carbocycles. The molecule has 0 bridgehead atoms. The lowest BCUT2D eigenvalue weighted by Crippen LogP contribution is -2.09. The molecule has 0 spiro atoms. The van der Waals surface area contributed by atoms with Gasteiger partial charge in [0.15, 0.2) is 5.82 Å². The van der Waals surface area contributed by atoms with Gasteiger partial charge in [0, 0.05) is 11.7 Å². The SMILES string of the molecule is CCOc1ccc(Nc2nncc(NC(C)c3ccccc3)n2)cc1. The number of hydrogen-bond donors (Lipinski definition) is 2. The molecule has 128 valence electrons. The van der Waals surface area contributed by atoms with Crippen LogP contribution >= 0.6 is 0 Å². The van der Waals surface area contributed by atoms with Crippen LogP contribution in [0, 0.1) is 0 Å². The summed E-state index contributed by atoms with van der Waals surface area (Å²) in [5, 5.41) is 14.5. The number of ether oxygens (including phenoxy) is 1. The highest BCUT2D eigenvalue weighted by atomic mass is 16.5. The fourth-order valence-corrected chi connectivity index (χ4v) is 2.40. The number of anilines is 3. The Bertz CT molecular complexity index is 792. The molecule has 1 heterocycles. The van der Waals surface area contributed by atoms with E-state index in [1.807, 2.05) is 49.4 Å². The first-order valence-electron chi connectivity index (χ1n) is 8.25. The summed E-state index contributed by atoms with van der Waals surface area (Å²) >= 11 is 0. The fourth-order valence-electron chi connectivity index (χ4n) is 2.40. The number of rotatable bonds is 7. The molecule has 0 saturated heterocycles. The third kappa shape index (κ3) is 4.67. The Hall–Kier alpha value is -3.15. The molecule has 2 aromatic carbocycles. The van der Waals surface area contributed by atoms with E-state index in [0.29, 0.717) is 18.4 Å². The highest BCUT2D eigenvalue weighted by Gasteiger charge is 2.07. The van der Waals surface area contributed by atoms with Gasteiger partial charge in [-0.05, 0) is 43.7 Å². The predicted octanol–water partition coefficient (Wildman–Crippen LogP) is 4.19. The minimum atomic E-state index is 0.122. The molecule has 3 rings (SSSR count). The Labute approximate surface area is 147 Å². The summed E-state index contributed by atoms with van der Waals surface area (Å²) in [7, 11) is 0. The molecule has 0 fully saturated rings. The Morgan fingerprint density at radius 2 is 1.80 bits per heavy atom. The zero-order valence-electron chi connectivity index (χ0n) is 14.3. The van der Waals surface area contributed by atoms with Gasteiger partial charge in [0.25, 0.3) is 0 Å². The molecular formula is C19H21N5O. The van der Waals surface area contributed by atoms with E-state index in [0.717, 1.165) is 11.4 Å².